The quantitative estimate of drug-likeness (QED) is 0.516. The fraction of sp³-hybridized carbons (Fsp3) is 0.188. The van der Waals surface area contributed by atoms with E-state index in [1.807, 2.05) is 0 Å². The molecule has 0 spiro atoms. The van der Waals surface area contributed by atoms with E-state index in [9.17, 15) is 9.18 Å². The molecular weight excluding hydrogens is 345 g/mol. The number of aromatic nitrogens is 3. The Morgan fingerprint density at radius 1 is 1.36 bits per heavy atom. The monoisotopic (exact) mass is 361 g/mol. The molecule has 0 bridgehead atoms. The summed E-state index contributed by atoms with van der Waals surface area (Å²) in [4.78, 5) is 12.2. The first-order valence-corrected chi connectivity index (χ1v) is 8.35. The van der Waals surface area contributed by atoms with E-state index >= 15 is 0 Å². The van der Waals surface area contributed by atoms with E-state index in [2.05, 4.69) is 15.5 Å². The highest BCUT2D eigenvalue weighted by atomic mass is 32.2. The molecule has 25 heavy (non-hydrogen) atoms. The van der Waals surface area contributed by atoms with Crippen LogP contribution in [0.4, 0.5) is 4.39 Å². The van der Waals surface area contributed by atoms with Crippen LogP contribution in [0.25, 0.3) is 11.6 Å². The Morgan fingerprint density at radius 2 is 2.12 bits per heavy atom. The number of thioether (sulfide) groups is 1. The lowest BCUT2D eigenvalue weighted by Crippen LogP contribution is -2.30. The van der Waals surface area contributed by atoms with E-state index in [1.165, 1.54) is 34.8 Å². The maximum Gasteiger partial charge on any atom is 0.233 e. The summed E-state index contributed by atoms with van der Waals surface area (Å²) in [5, 5.41) is 10.7. The van der Waals surface area contributed by atoms with Gasteiger partial charge in [-0.25, -0.2) is 9.07 Å². The summed E-state index contributed by atoms with van der Waals surface area (Å²) in [6.07, 6.45) is 1.52. The fourth-order valence-corrected chi connectivity index (χ4v) is 2.87. The van der Waals surface area contributed by atoms with Crippen molar-refractivity contribution in [3.8, 4) is 11.6 Å². The van der Waals surface area contributed by atoms with E-state index in [-0.39, 0.29) is 11.7 Å². The number of halogens is 1. The number of benzene rings is 1. The van der Waals surface area contributed by atoms with Gasteiger partial charge in [-0.15, -0.1) is 10.2 Å². The highest BCUT2D eigenvalue weighted by Gasteiger charge is 2.20. The number of nitrogen functional groups attached to an aromatic ring is 1. The van der Waals surface area contributed by atoms with E-state index < -0.39 is 5.25 Å². The molecule has 0 saturated heterocycles. The smallest absolute Gasteiger partial charge is 0.233 e. The van der Waals surface area contributed by atoms with Crippen LogP contribution in [0.5, 0.6) is 0 Å². The number of nitrogens with one attached hydrogen (secondary N) is 1. The summed E-state index contributed by atoms with van der Waals surface area (Å²) in [5.74, 6) is 6.35. The van der Waals surface area contributed by atoms with Gasteiger partial charge in [-0.1, -0.05) is 23.9 Å². The van der Waals surface area contributed by atoms with Gasteiger partial charge in [-0.3, -0.25) is 4.79 Å². The SMILES string of the molecule is C[C@@H](Sc1nnc(-c2ccco2)n1N)C(=O)NCc1ccc(F)cc1. The summed E-state index contributed by atoms with van der Waals surface area (Å²) in [5.41, 5.74) is 0.814. The molecular formula is C16H16FN5O2S. The van der Waals surface area contributed by atoms with Gasteiger partial charge in [0.25, 0.3) is 0 Å². The highest BCUT2D eigenvalue weighted by molar-refractivity contribution is 8.00. The van der Waals surface area contributed by atoms with Gasteiger partial charge in [0.1, 0.15) is 5.82 Å². The molecule has 2 aromatic heterocycles. The number of furan rings is 1. The van der Waals surface area contributed by atoms with Crippen LogP contribution in [0.1, 0.15) is 12.5 Å². The van der Waals surface area contributed by atoms with Crippen molar-refractivity contribution in [2.75, 3.05) is 5.84 Å². The van der Waals surface area contributed by atoms with Crippen LogP contribution in [-0.4, -0.2) is 26.0 Å². The number of amides is 1. The lowest BCUT2D eigenvalue weighted by Gasteiger charge is -2.11. The summed E-state index contributed by atoms with van der Waals surface area (Å²) >= 11 is 1.18. The Bertz CT molecular complexity index is 848. The normalized spacial score (nSPS) is 12.1. The molecule has 2 heterocycles. The average molecular weight is 361 g/mol. The molecule has 130 valence electrons. The number of nitrogens with zero attached hydrogens (tertiary/aromatic N) is 3. The van der Waals surface area contributed by atoms with Crippen LogP contribution < -0.4 is 11.2 Å². The van der Waals surface area contributed by atoms with Crippen LogP contribution in [0.3, 0.4) is 0 Å². The van der Waals surface area contributed by atoms with Crippen molar-refractivity contribution >= 4 is 17.7 Å². The molecule has 0 aliphatic heterocycles. The standard InChI is InChI=1S/C16H16FN5O2S/c1-10(15(23)19-9-11-4-6-12(17)7-5-11)25-16-21-20-14(22(16)18)13-3-2-8-24-13/h2-8,10H,9,18H2,1H3,(H,19,23)/t10-/m1/s1. The van der Waals surface area contributed by atoms with Gasteiger partial charge in [0.2, 0.25) is 16.9 Å². The van der Waals surface area contributed by atoms with Gasteiger partial charge >= 0.3 is 0 Å². The number of nitrogens with two attached hydrogens (primary N) is 1. The van der Waals surface area contributed by atoms with Gasteiger partial charge in [0.15, 0.2) is 5.76 Å². The van der Waals surface area contributed by atoms with Crippen LogP contribution in [0, 0.1) is 5.82 Å². The Labute approximate surface area is 147 Å². The first-order chi connectivity index (χ1) is 12.0. The van der Waals surface area contributed by atoms with Crippen molar-refractivity contribution in [3.05, 3.63) is 54.0 Å². The first-order valence-electron chi connectivity index (χ1n) is 7.48. The molecule has 3 N–H and O–H groups in total. The van der Waals surface area contributed by atoms with Crippen LogP contribution in [-0.2, 0) is 11.3 Å². The summed E-state index contributed by atoms with van der Waals surface area (Å²) in [6, 6.07) is 9.40. The molecule has 3 rings (SSSR count). The molecule has 7 nitrogen and oxygen atoms in total. The lowest BCUT2D eigenvalue weighted by atomic mass is 10.2. The average Bonchev–Trinajstić information content (AvgIpc) is 3.24. The number of rotatable bonds is 6. The lowest BCUT2D eigenvalue weighted by molar-refractivity contribution is -0.120. The molecule has 0 saturated carbocycles. The molecule has 9 heteroatoms. The second kappa shape index (κ2) is 7.39. The second-order valence-electron chi connectivity index (χ2n) is 5.26. The minimum Gasteiger partial charge on any atom is -0.461 e. The van der Waals surface area contributed by atoms with Crippen molar-refractivity contribution in [3.63, 3.8) is 0 Å². The summed E-state index contributed by atoms with van der Waals surface area (Å²) in [7, 11) is 0. The minimum absolute atomic E-state index is 0.183. The Balaban J connectivity index is 1.59. The predicted molar refractivity (Wildman–Crippen MR) is 91.4 cm³/mol. The van der Waals surface area contributed by atoms with Crippen molar-refractivity contribution in [2.45, 2.75) is 23.9 Å². The number of carbonyl (C=O) groups excluding carboxylic acids is 1. The first kappa shape index (κ1) is 17.0. The van der Waals surface area contributed by atoms with Gasteiger partial charge in [0.05, 0.1) is 11.5 Å². The van der Waals surface area contributed by atoms with Crippen LogP contribution >= 0.6 is 11.8 Å². The zero-order chi connectivity index (χ0) is 17.8. The van der Waals surface area contributed by atoms with Crippen molar-refractivity contribution in [1.29, 1.82) is 0 Å². The third kappa shape index (κ3) is 4.00. The molecule has 1 aromatic carbocycles. The number of hydrogen-bond donors (Lipinski definition) is 2. The van der Waals surface area contributed by atoms with E-state index in [0.717, 1.165) is 5.56 Å². The topological polar surface area (TPSA) is 99.0 Å². The second-order valence-corrected chi connectivity index (χ2v) is 6.57. The molecule has 0 fully saturated rings. The summed E-state index contributed by atoms with van der Waals surface area (Å²) < 4.78 is 19.4. The number of carbonyl (C=O) groups is 1. The molecule has 0 unspecified atom stereocenters. The van der Waals surface area contributed by atoms with E-state index in [1.54, 1.807) is 31.2 Å². The van der Waals surface area contributed by atoms with Crippen LogP contribution in [0.15, 0.2) is 52.2 Å². The summed E-state index contributed by atoms with van der Waals surface area (Å²) in [6.45, 7) is 2.06. The number of hydrogen-bond acceptors (Lipinski definition) is 6. The molecule has 1 amide bonds. The maximum absolute atomic E-state index is 12.9. The molecule has 0 aliphatic rings. The fourth-order valence-electron chi connectivity index (χ4n) is 2.08. The van der Waals surface area contributed by atoms with Crippen molar-refractivity contribution in [1.82, 2.24) is 20.2 Å². The zero-order valence-electron chi connectivity index (χ0n) is 13.3. The maximum atomic E-state index is 12.9. The Kier molecular flexibility index (Phi) is 5.03. The third-order valence-corrected chi connectivity index (χ3v) is 4.49. The Morgan fingerprint density at radius 3 is 2.80 bits per heavy atom. The van der Waals surface area contributed by atoms with Crippen molar-refractivity contribution < 1.29 is 13.6 Å². The molecule has 1 atom stereocenters. The minimum atomic E-state index is -0.434. The molecule has 3 aromatic rings. The Hall–Kier alpha value is -2.81. The van der Waals surface area contributed by atoms with Gasteiger partial charge < -0.3 is 15.6 Å². The van der Waals surface area contributed by atoms with Crippen molar-refractivity contribution in [2.24, 2.45) is 0 Å². The van der Waals surface area contributed by atoms with Gasteiger partial charge in [-0.2, -0.15) is 0 Å². The van der Waals surface area contributed by atoms with Gasteiger partial charge in [0, 0.05) is 6.54 Å². The largest absolute Gasteiger partial charge is 0.461 e. The third-order valence-electron chi connectivity index (χ3n) is 3.44. The molecule has 0 aliphatic carbocycles. The van der Waals surface area contributed by atoms with Gasteiger partial charge in [-0.05, 0) is 36.8 Å². The predicted octanol–water partition coefficient (Wildman–Crippen LogP) is 2.19. The van der Waals surface area contributed by atoms with E-state index in [0.29, 0.717) is 23.3 Å². The van der Waals surface area contributed by atoms with Crippen LogP contribution in [0.2, 0.25) is 0 Å². The zero-order valence-corrected chi connectivity index (χ0v) is 14.2. The highest BCUT2D eigenvalue weighted by Crippen LogP contribution is 2.24. The molecule has 0 radical (unpaired) electrons. The van der Waals surface area contributed by atoms with E-state index in [4.69, 9.17) is 10.3 Å².